The summed E-state index contributed by atoms with van der Waals surface area (Å²) in [6.07, 6.45) is 2.39. The Morgan fingerprint density at radius 2 is 1.93 bits per heavy atom. The molecule has 0 aliphatic rings. The van der Waals surface area contributed by atoms with Gasteiger partial charge in [0.25, 0.3) is 5.91 Å². The summed E-state index contributed by atoms with van der Waals surface area (Å²) < 4.78 is 4.36. The largest absolute Gasteiger partial charge is 0.466 e. The third-order valence-corrected chi connectivity index (χ3v) is 1.67. The lowest BCUT2D eigenvalue weighted by Crippen LogP contribution is -2.17. The zero-order chi connectivity index (χ0) is 11.1. The molecule has 1 N–H and O–H groups in total. The van der Waals surface area contributed by atoms with Crippen LogP contribution < -0.4 is 5.32 Å². The molecule has 1 aromatic rings. The summed E-state index contributed by atoms with van der Waals surface area (Å²) in [6, 6.07) is 8.71. The van der Waals surface area contributed by atoms with Gasteiger partial charge in [-0.25, -0.2) is 4.79 Å². The number of carbonyl (C=O) groups excluding carboxylic acids is 2. The van der Waals surface area contributed by atoms with Crippen LogP contribution in [0.25, 0.3) is 0 Å². The Labute approximate surface area is 87.6 Å². The quantitative estimate of drug-likeness (QED) is 0.594. The molecule has 0 saturated carbocycles. The molecule has 1 amide bonds. The van der Waals surface area contributed by atoms with Crippen molar-refractivity contribution >= 4 is 11.9 Å². The topological polar surface area (TPSA) is 55.4 Å². The zero-order valence-corrected chi connectivity index (χ0v) is 8.27. The van der Waals surface area contributed by atoms with Crippen molar-refractivity contribution in [3.8, 4) is 0 Å². The maximum Gasteiger partial charge on any atom is 0.331 e. The van der Waals surface area contributed by atoms with E-state index in [0.29, 0.717) is 5.56 Å². The second-order valence-electron chi connectivity index (χ2n) is 2.70. The maximum atomic E-state index is 11.4. The van der Waals surface area contributed by atoms with Crippen molar-refractivity contribution < 1.29 is 14.3 Å². The minimum absolute atomic E-state index is 0.268. The molecule has 0 spiro atoms. The highest BCUT2D eigenvalue weighted by molar-refractivity contribution is 5.95. The molecule has 0 heterocycles. The smallest absolute Gasteiger partial charge is 0.331 e. The van der Waals surface area contributed by atoms with E-state index in [-0.39, 0.29) is 5.91 Å². The van der Waals surface area contributed by atoms with Crippen LogP contribution >= 0.6 is 0 Å². The van der Waals surface area contributed by atoms with Crippen molar-refractivity contribution in [2.24, 2.45) is 0 Å². The SMILES string of the molecule is COC(=O)C=CNC(=O)c1ccccc1. The van der Waals surface area contributed by atoms with E-state index in [0.717, 1.165) is 6.08 Å². The number of hydrogen-bond donors (Lipinski definition) is 1. The van der Waals surface area contributed by atoms with Crippen LogP contribution in [-0.4, -0.2) is 19.0 Å². The number of carbonyl (C=O) groups is 2. The Morgan fingerprint density at radius 1 is 1.27 bits per heavy atom. The first-order valence-electron chi connectivity index (χ1n) is 4.34. The van der Waals surface area contributed by atoms with Gasteiger partial charge in [0, 0.05) is 17.8 Å². The minimum atomic E-state index is -0.511. The van der Waals surface area contributed by atoms with Gasteiger partial charge in [0.15, 0.2) is 0 Å². The molecule has 1 aromatic carbocycles. The van der Waals surface area contributed by atoms with Crippen molar-refractivity contribution in [1.29, 1.82) is 0 Å². The van der Waals surface area contributed by atoms with Crippen LogP contribution in [0.2, 0.25) is 0 Å². The summed E-state index contributed by atoms with van der Waals surface area (Å²) in [7, 11) is 1.27. The normalized spacial score (nSPS) is 9.93. The monoisotopic (exact) mass is 205 g/mol. The van der Waals surface area contributed by atoms with Crippen LogP contribution in [0.4, 0.5) is 0 Å². The number of methoxy groups -OCH3 is 1. The number of nitrogens with one attached hydrogen (secondary N) is 1. The average Bonchev–Trinajstić information content (AvgIpc) is 2.29. The molecule has 0 saturated heterocycles. The molecular formula is C11H11NO3. The van der Waals surface area contributed by atoms with Gasteiger partial charge in [-0.3, -0.25) is 4.79 Å². The van der Waals surface area contributed by atoms with Gasteiger partial charge in [-0.05, 0) is 12.1 Å². The van der Waals surface area contributed by atoms with Gasteiger partial charge in [0.05, 0.1) is 7.11 Å². The second-order valence-corrected chi connectivity index (χ2v) is 2.70. The number of benzene rings is 1. The summed E-state index contributed by atoms with van der Waals surface area (Å²) in [6.45, 7) is 0. The number of ether oxygens (including phenoxy) is 1. The first-order chi connectivity index (χ1) is 7.24. The molecule has 0 aliphatic heterocycles. The molecule has 4 nitrogen and oxygen atoms in total. The van der Waals surface area contributed by atoms with Crippen LogP contribution in [0, 0.1) is 0 Å². The summed E-state index contributed by atoms with van der Waals surface area (Å²) in [5.74, 6) is -0.779. The molecule has 0 fully saturated rings. The Bertz CT molecular complexity index is 371. The molecule has 0 bridgehead atoms. The lowest BCUT2D eigenvalue weighted by atomic mass is 10.2. The molecule has 15 heavy (non-hydrogen) atoms. The average molecular weight is 205 g/mol. The van der Waals surface area contributed by atoms with Crippen LogP contribution in [0.3, 0.4) is 0 Å². The van der Waals surface area contributed by atoms with Crippen molar-refractivity contribution in [2.45, 2.75) is 0 Å². The molecule has 0 unspecified atom stereocenters. The van der Waals surface area contributed by atoms with E-state index in [1.54, 1.807) is 24.3 Å². The second kappa shape index (κ2) is 5.59. The molecule has 0 aromatic heterocycles. The van der Waals surface area contributed by atoms with Gasteiger partial charge in [-0.1, -0.05) is 18.2 Å². The molecule has 1 rings (SSSR count). The molecular weight excluding hydrogens is 194 g/mol. The van der Waals surface area contributed by atoms with E-state index >= 15 is 0 Å². The highest BCUT2D eigenvalue weighted by atomic mass is 16.5. The van der Waals surface area contributed by atoms with E-state index in [9.17, 15) is 9.59 Å². The van der Waals surface area contributed by atoms with Gasteiger partial charge in [0.2, 0.25) is 0 Å². The third kappa shape index (κ3) is 3.64. The Morgan fingerprint density at radius 3 is 2.53 bits per heavy atom. The summed E-state index contributed by atoms with van der Waals surface area (Å²) in [4.78, 5) is 22.1. The standard InChI is InChI=1S/C11H11NO3/c1-15-10(13)7-8-12-11(14)9-5-3-2-4-6-9/h2-8H,1H3,(H,12,14). The van der Waals surface area contributed by atoms with E-state index in [2.05, 4.69) is 10.1 Å². The maximum absolute atomic E-state index is 11.4. The fraction of sp³-hybridized carbons (Fsp3) is 0.0909. The number of rotatable bonds is 3. The lowest BCUT2D eigenvalue weighted by Gasteiger charge is -1.98. The van der Waals surface area contributed by atoms with E-state index in [1.165, 1.54) is 13.3 Å². The minimum Gasteiger partial charge on any atom is -0.466 e. The number of esters is 1. The Balaban J connectivity index is 2.51. The predicted octanol–water partition coefficient (Wildman–Crippen LogP) is 1.10. The lowest BCUT2D eigenvalue weighted by molar-refractivity contribution is -0.134. The highest BCUT2D eigenvalue weighted by Gasteiger charge is 2.00. The molecule has 0 aliphatic carbocycles. The van der Waals surface area contributed by atoms with Crippen molar-refractivity contribution in [2.75, 3.05) is 7.11 Å². The van der Waals surface area contributed by atoms with Crippen molar-refractivity contribution in [3.63, 3.8) is 0 Å². The van der Waals surface area contributed by atoms with Gasteiger partial charge in [-0.2, -0.15) is 0 Å². The molecule has 0 radical (unpaired) electrons. The summed E-state index contributed by atoms with van der Waals surface area (Å²) in [5.41, 5.74) is 0.534. The number of hydrogen-bond acceptors (Lipinski definition) is 3. The zero-order valence-electron chi connectivity index (χ0n) is 8.27. The van der Waals surface area contributed by atoms with Gasteiger partial charge in [-0.15, -0.1) is 0 Å². The van der Waals surface area contributed by atoms with Gasteiger partial charge in [0.1, 0.15) is 0 Å². The molecule has 0 atom stereocenters. The van der Waals surface area contributed by atoms with Crippen LogP contribution in [-0.2, 0) is 9.53 Å². The Hall–Kier alpha value is -2.10. The van der Waals surface area contributed by atoms with Gasteiger partial charge < -0.3 is 10.1 Å². The van der Waals surface area contributed by atoms with Crippen LogP contribution in [0.1, 0.15) is 10.4 Å². The van der Waals surface area contributed by atoms with Crippen molar-refractivity contribution in [1.82, 2.24) is 5.32 Å². The molecule has 78 valence electrons. The van der Waals surface area contributed by atoms with Crippen molar-refractivity contribution in [3.05, 3.63) is 48.2 Å². The van der Waals surface area contributed by atoms with E-state index < -0.39 is 5.97 Å². The van der Waals surface area contributed by atoms with Crippen LogP contribution in [0.15, 0.2) is 42.6 Å². The third-order valence-electron chi connectivity index (χ3n) is 1.67. The predicted molar refractivity (Wildman–Crippen MR) is 55.1 cm³/mol. The first kappa shape index (κ1) is 11.0. The van der Waals surface area contributed by atoms with Crippen LogP contribution in [0.5, 0.6) is 0 Å². The Kier molecular flexibility index (Phi) is 4.09. The fourth-order valence-electron chi connectivity index (χ4n) is 0.926. The summed E-state index contributed by atoms with van der Waals surface area (Å²) in [5, 5.41) is 2.44. The fourth-order valence-corrected chi connectivity index (χ4v) is 0.926. The van der Waals surface area contributed by atoms with Gasteiger partial charge >= 0.3 is 5.97 Å². The summed E-state index contributed by atoms with van der Waals surface area (Å²) >= 11 is 0. The number of amides is 1. The van der Waals surface area contributed by atoms with E-state index in [1.807, 2.05) is 6.07 Å². The molecule has 4 heteroatoms. The first-order valence-corrected chi connectivity index (χ1v) is 4.34. The van der Waals surface area contributed by atoms with E-state index in [4.69, 9.17) is 0 Å². The highest BCUT2D eigenvalue weighted by Crippen LogP contribution is 1.97.